The number of rotatable bonds is 4. The van der Waals surface area contributed by atoms with Crippen LogP contribution in [0.4, 0.5) is 0 Å². The number of aromatic nitrogens is 4. The van der Waals surface area contributed by atoms with Crippen molar-refractivity contribution in [1.29, 1.82) is 0 Å². The second-order valence-corrected chi connectivity index (χ2v) is 12.1. The van der Waals surface area contributed by atoms with Gasteiger partial charge < -0.3 is 0 Å². The third-order valence-electron chi connectivity index (χ3n) is 8.30. The van der Waals surface area contributed by atoms with Gasteiger partial charge >= 0.3 is 0 Å². The van der Waals surface area contributed by atoms with Crippen LogP contribution in [0.2, 0.25) is 0 Å². The smallest absolute Gasteiger partial charge is 0.164 e. The van der Waals surface area contributed by atoms with Crippen LogP contribution in [0.1, 0.15) is 0 Å². The lowest BCUT2D eigenvalue weighted by Crippen LogP contribution is -2.00. The van der Waals surface area contributed by atoms with Gasteiger partial charge in [0, 0.05) is 53.2 Å². The van der Waals surface area contributed by atoms with Crippen LogP contribution >= 0.6 is 11.3 Å². The molecule has 0 saturated carbocycles. The molecule has 0 saturated heterocycles. The zero-order valence-electron chi connectivity index (χ0n) is 24.1. The first-order valence-corrected chi connectivity index (χ1v) is 15.7. The van der Waals surface area contributed by atoms with Crippen molar-refractivity contribution in [2.75, 3.05) is 0 Å². The van der Waals surface area contributed by atoms with E-state index in [2.05, 4.69) is 84.9 Å². The molecule has 4 nitrogen and oxygen atoms in total. The van der Waals surface area contributed by atoms with E-state index in [1.54, 1.807) is 0 Å². The van der Waals surface area contributed by atoms with Crippen LogP contribution in [0.5, 0.6) is 0 Å². The highest BCUT2D eigenvalue weighted by Crippen LogP contribution is 2.42. The fraction of sp³-hybridized carbons (Fsp3) is 0. The fourth-order valence-corrected chi connectivity index (χ4v) is 7.34. The maximum Gasteiger partial charge on any atom is 0.164 e. The second-order valence-electron chi connectivity index (χ2n) is 11.1. The molecule has 0 bridgehead atoms. The Bertz CT molecular complexity index is 2480. The molecule has 6 aromatic carbocycles. The lowest BCUT2D eigenvalue weighted by Gasteiger charge is -2.13. The number of hydrogen-bond acceptors (Lipinski definition) is 5. The maximum absolute atomic E-state index is 5.33. The molecule has 0 fully saturated rings. The summed E-state index contributed by atoms with van der Waals surface area (Å²) >= 11 is 1.84. The van der Waals surface area contributed by atoms with Crippen molar-refractivity contribution in [2.24, 2.45) is 0 Å². The number of nitrogens with zero attached hydrogens (tertiary/aromatic N) is 4. The number of fused-ring (bicyclic) bond motifs is 7. The first-order valence-electron chi connectivity index (χ1n) is 14.9. The van der Waals surface area contributed by atoms with E-state index in [1.165, 1.54) is 30.9 Å². The first-order chi connectivity index (χ1) is 22.3. The fourth-order valence-electron chi connectivity index (χ4n) is 6.22. The van der Waals surface area contributed by atoms with E-state index in [-0.39, 0.29) is 0 Å². The average Bonchev–Trinajstić information content (AvgIpc) is 3.51. The zero-order valence-corrected chi connectivity index (χ0v) is 24.9. The van der Waals surface area contributed by atoms with Crippen LogP contribution in [0.25, 0.3) is 87.3 Å². The van der Waals surface area contributed by atoms with E-state index in [1.807, 2.05) is 72.0 Å². The second kappa shape index (κ2) is 10.4. The van der Waals surface area contributed by atoms with Gasteiger partial charge in [0.25, 0.3) is 0 Å². The summed E-state index contributed by atoms with van der Waals surface area (Å²) in [7, 11) is 0. The van der Waals surface area contributed by atoms with Crippen molar-refractivity contribution in [2.45, 2.75) is 0 Å². The Balaban J connectivity index is 1.26. The highest BCUT2D eigenvalue weighted by atomic mass is 32.1. The maximum atomic E-state index is 5.33. The summed E-state index contributed by atoms with van der Waals surface area (Å²) in [6, 6.07) is 50.2. The molecule has 9 aromatic rings. The molecule has 0 N–H and O–H groups in total. The van der Waals surface area contributed by atoms with E-state index in [9.17, 15) is 0 Å². The lowest BCUT2D eigenvalue weighted by atomic mass is 9.96. The molecule has 3 aromatic heterocycles. The molecule has 9 rings (SSSR count). The molecule has 0 spiro atoms. The SMILES string of the molecule is c1ccc(-c2nc(-c3ccccc3)nc(-c3cccc(-c4nc5ccc6sc7ccccc7c6c5c5ccccc45)c3)n2)cc1. The van der Waals surface area contributed by atoms with Gasteiger partial charge in [0.2, 0.25) is 0 Å². The summed E-state index contributed by atoms with van der Waals surface area (Å²) in [5.41, 5.74) is 5.76. The molecule has 45 heavy (non-hydrogen) atoms. The molecule has 3 heterocycles. The Labute approximate surface area is 263 Å². The lowest BCUT2D eigenvalue weighted by molar-refractivity contribution is 1.07. The van der Waals surface area contributed by atoms with Crippen LogP contribution in [-0.4, -0.2) is 19.9 Å². The van der Waals surface area contributed by atoms with Gasteiger partial charge in [-0.05, 0) is 29.7 Å². The Hall–Kier alpha value is -5.78. The van der Waals surface area contributed by atoms with Gasteiger partial charge in [-0.15, -0.1) is 11.3 Å². The summed E-state index contributed by atoms with van der Waals surface area (Å²) in [6.07, 6.45) is 0. The molecule has 0 radical (unpaired) electrons. The Morgan fingerprint density at radius 3 is 1.62 bits per heavy atom. The van der Waals surface area contributed by atoms with Gasteiger partial charge in [-0.1, -0.05) is 121 Å². The van der Waals surface area contributed by atoms with Gasteiger partial charge in [0.15, 0.2) is 17.5 Å². The molecule has 210 valence electrons. The minimum Gasteiger partial charge on any atom is -0.247 e. The number of pyridine rings is 1. The molecule has 0 aliphatic rings. The predicted octanol–water partition coefficient (Wildman–Crippen LogP) is 10.6. The molecule has 0 aliphatic carbocycles. The molecule has 0 aliphatic heterocycles. The number of benzene rings is 6. The van der Waals surface area contributed by atoms with Crippen LogP contribution in [0.3, 0.4) is 0 Å². The van der Waals surface area contributed by atoms with Crippen molar-refractivity contribution >= 4 is 53.2 Å². The van der Waals surface area contributed by atoms with Gasteiger partial charge in [-0.3, -0.25) is 0 Å². The van der Waals surface area contributed by atoms with E-state index >= 15 is 0 Å². The van der Waals surface area contributed by atoms with Crippen molar-refractivity contribution in [3.8, 4) is 45.4 Å². The van der Waals surface area contributed by atoms with E-state index in [0.717, 1.165) is 38.9 Å². The minimum atomic E-state index is 0.626. The summed E-state index contributed by atoms with van der Waals surface area (Å²) in [5, 5.41) is 6.09. The van der Waals surface area contributed by atoms with E-state index in [4.69, 9.17) is 19.9 Å². The van der Waals surface area contributed by atoms with Gasteiger partial charge in [-0.25, -0.2) is 19.9 Å². The third-order valence-corrected chi connectivity index (χ3v) is 9.43. The average molecular weight is 593 g/mol. The summed E-state index contributed by atoms with van der Waals surface area (Å²) in [5.74, 6) is 1.92. The van der Waals surface area contributed by atoms with Crippen LogP contribution < -0.4 is 0 Å². The van der Waals surface area contributed by atoms with E-state index in [0.29, 0.717) is 17.5 Å². The molecular formula is C40H24N4S. The quantitative estimate of drug-likeness (QED) is 0.191. The van der Waals surface area contributed by atoms with Crippen LogP contribution in [-0.2, 0) is 0 Å². The van der Waals surface area contributed by atoms with Crippen molar-refractivity contribution in [3.63, 3.8) is 0 Å². The topological polar surface area (TPSA) is 51.6 Å². The van der Waals surface area contributed by atoms with Crippen LogP contribution in [0.15, 0.2) is 146 Å². The normalized spacial score (nSPS) is 11.6. The standard InChI is InChI=1S/C40H24N4S/c1-3-12-25(13-4-1)38-42-39(26-14-5-2-6-15-26)44-40(43-38)28-17-11-16-27(24-28)37-30-19-8-7-18-29(30)35-32(41-37)22-23-34-36(35)31-20-9-10-21-33(31)45-34/h1-24H. The third kappa shape index (κ3) is 4.36. The minimum absolute atomic E-state index is 0.626. The van der Waals surface area contributed by atoms with Crippen molar-refractivity contribution < 1.29 is 0 Å². The molecule has 5 heteroatoms. The summed E-state index contributed by atoms with van der Waals surface area (Å²) in [6.45, 7) is 0. The van der Waals surface area contributed by atoms with E-state index < -0.39 is 0 Å². The van der Waals surface area contributed by atoms with Gasteiger partial charge in [-0.2, -0.15) is 0 Å². The van der Waals surface area contributed by atoms with Crippen LogP contribution in [0, 0.1) is 0 Å². The van der Waals surface area contributed by atoms with Crippen molar-refractivity contribution in [3.05, 3.63) is 146 Å². The first kappa shape index (κ1) is 25.7. The highest BCUT2D eigenvalue weighted by molar-refractivity contribution is 7.26. The number of hydrogen-bond donors (Lipinski definition) is 0. The zero-order chi connectivity index (χ0) is 29.7. The Morgan fingerprint density at radius 1 is 0.356 bits per heavy atom. The predicted molar refractivity (Wildman–Crippen MR) is 187 cm³/mol. The number of thiophene rings is 1. The molecular weight excluding hydrogens is 569 g/mol. The summed E-state index contributed by atoms with van der Waals surface area (Å²) in [4.78, 5) is 20.1. The van der Waals surface area contributed by atoms with Gasteiger partial charge in [0.1, 0.15) is 0 Å². The molecule has 0 unspecified atom stereocenters. The highest BCUT2D eigenvalue weighted by Gasteiger charge is 2.17. The molecule has 0 amide bonds. The van der Waals surface area contributed by atoms with Crippen molar-refractivity contribution in [1.82, 2.24) is 19.9 Å². The monoisotopic (exact) mass is 592 g/mol. The van der Waals surface area contributed by atoms with Gasteiger partial charge in [0.05, 0.1) is 11.2 Å². The Morgan fingerprint density at radius 2 is 0.911 bits per heavy atom. The largest absolute Gasteiger partial charge is 0.247 e. The Kier molecular flexibility index (Phi) is 5.96. The molecule has 0 atom stereocenters. The summed E-state index contributed by atoms with van der Waals surface area (Å²) < 4.78 is 2.58.